The van der Waals surface area contributed by atoms with Crippen LogP contribution in [0.1, 0.15) is 25.8 Å². The van der Waals surface area contributed by atoms with E-state index >= 15 is 0 Å². The maximum Gasteiger partial charge on any atom is 0.122 e. The van der Waals surface area contributed by atoms with Gasteiger partial charge in [0.25, 0.3) is 0 Å². The molecule has 2 unspecified atom stereocenters. The molecule has 0 heterocycles. The van der Waals surface area contributed by atoms with Crippen molar-refractivity contribution in [2.45, 2.75) is 39.3 Å². The van der Waals surface area contributed by atoms with Gasteiger partial charge in [0.2, 0.25) is 0 Å². The van der Waals surface area contributed by atoms with E-state index in [-0.39, 0.29) is 17.6 Å². The van der Waals surface area contributed by atoms with Crippen LogP contribution in [0.3, 0.4) is 0 Å². The predicted molar refractivity (Wildman–Crippen MR) is 69.7 cm³/mol. The molecule has 1 aromatic rings. The molecule has 2 rings (SSSR count). The van der Waals surface area contributed by atoms with Crippen LogP contribution in [-0.2, 0) is 0 Å². The van der Waals surface area contributed by atoms with Crippen LogP contribution in [0, 0.1) is 12.3 Å². The Morgan fingerprint density at radius 2 is 2.12 bits per heavy atom. The molecule has 0 spiro atoms. The standard InChI is InChI=1S/C13H18BrNO/c1-8-6-9(14)4-5-10(8)16-12-7-11(15)13(12,2)3/h4-6,11-12H,7,15H2,1-3H3. The monoisotopic (exact) mass is 283 g/mol. The van der Waals surface area contributed by atoms with E-state index in [0.29, 0.717) is 0 Å². The lowest BCUT2D eigenvalue weighted by molar-refractivity contribution is -0.0403. The molecule has 88 valence electrons. The summed E-state index contributed by atoms with van der Waals surface area (Å²) in [5, 5.41) is 0. The molecule has 1 saturated carbocycles. The first-order valence-corrected chi connectivity index (χ1v) is 6.39. The fourth-order valence-corrected chi connectivity index (χ4v) is 2.49. The SMILES string of the molecule is Cc1cc(Br)ccc1OC1CC(N)C1(C)C. The van der Waals surface area contributed by atoms with Crippen LogP contribution in [0.4, 0.5) is 0 Å². The molecule has 0 amide bonds. The van der Waals surface area contributed by atoms with Gasteiger partial charge in [0.05, 0.1) is 0 Å². The van der Waals surface area contributed by atoms with Crippen LogP contribution < -0.4 is 10.5 Å². The van der Waals surface area contributed by atoms with Gasteiger partial charge in [0, 0.05) is 22.4 Å². The van der Waals surface area contributed by atoms with Crippen molar-refractivity contribution < 1.29 is 4.74 Å². The first kappa shape index (κ1) is 11.9. The highest BCUT2D eigenvalue weighted by atomic mass is 79.9. The van der Waals surface area contributed by atoms with E-state index in [2.05, 4.69) is 42.8 Å². The molecule has 0 aliphatic heterocycles. The number of nitrogens with two attached hydrogens (primary N) is 1. The maximum absolute atomic E-state index is 6.02. The van der Waals surface area contributed by atoms with Crippen molar-refractivity contribution >= 4 is 15.9 Å². The minimum Gasteiger partial charge on any atom is -0.489 e. The second kappa shape index (κ2) is 4.04. The Bertz CT molecular complexity index is 403. The van der Waals surface area contributed by atoms with Crippen LogP contribution >= 0.6 is 15.9 Å². The van der Waals surface area contributed by atoms with Gasteiger partial charge in [-0.2, -0.15) is 0 Å². The molecule has 3 heteroatoms. The Morgan fingerprint density at radius 3 is 2.62 bits per heavy atom. The van der Waals surface area contributed by atoms with E-state index in [0.717, 1.165) is 22.2 Å². The largest absolute Gasteiger partial charge is 0.489 e. The molecule has 1 aromatic carbocycles. The van der Waals surface area contributed by atoms with Gasteiger partial charge in [0.15, 0.2) is 0 Å². The molecule has 2 N–H and O–H groups in total. The first-order chi connectivity index (χ1) is 7.41. The Kier molecular flexibility index (Phi) is 3.01. The zero-order valence-electron chi connectivity index (χ0n) is 9.96. The average molecular weight is 284 g/mol. The molecular weight excluding hydrogens is 266 g/mol. The van der Waals surface area contributed by atoms with Gasteiger partial charge in [-0.15, -0.1) is 0 Å². The molecule has 0 saturated heterocycles. The zero-order chi connectivity index (χ0) is 11.9. The molecule has 16 heavy (non-hydrogen) atoms. The van der Waals surface area contributed by atoms with Gasteiger partial charge in [-0.25, -0.2) is 0 Å². The second-order valence-corrected chi connectivity index (χ2v) is 6.10. The lowest BCUT2D eigenvalue weighted by Crippen LogP contribution is -2.60. The normalized spacial score (nSPS) is 27.3. The van der Waals surface area contributed by atoms with Crippen LogP contribution in [0.2, 0.25) is 0 Å². The quantitative estimate of drug-likeness (QED) is 0.904. The summed E-state index contributed by atoms with van der Waals surface area (Å²) in [7, 11) is 0. The van der Waals surface area contributed by atoms with Crippen molar-refractivity contribution in [1.29, 1.82) is 0 Å². The Hall–Kier alpha value is -0.540. The highest BCUT2D eigenvalue weighted by Gasteiger charge is 2.47. The number of hydrogen-bond acceptors (Lipinski definition) is 2. The summed E-state index contributed by atoms with van der Waals surface area (Å²) in [5.41, 5.74) is 7.22. The zero-order valence-corrected chi connectivity index (χ0v) is 11.5. The minimum absolute atomic E-state index is 0.0829. The minimum atomic E-state index is 0.0829. The van der Waals surface area contributed by atoms with Crippen LogP contribution in [0.5, 0.6) is 5.75 Å². The molecular formula is C13H18BrNO. The van der Waals surface area contributed by atoms with Crippen molar-refractivity contribution in [3.8, 4) is 5.75 Å². The van der Waals surface area contributed by atoms with Crippen molar-refractivity contribution in [3.05, 3.63) is 28.2 Å². The molecule has 1 aliphatic carbocycles. The summed E-state index contributed by atoms with van der Waals surface area (Å²) in [5.74, 6) is 0.966. The van der Waals surface area contributed by atoms with Gasteiger partial charge in [-0.05, 0) is 30.7 Å². The van der Waals surface area contributed by atoms with Crippen molar-refractivity contribution in [2.24, 2.45) is 11.1 Å². The van der Waals surface area contributed by atoms with Crippen LogP contribution in [0.15, 0.2) is 22.7 Å². The summed E-state index contributed by atoms with van der Waals surface area (Å²) in [4.78, 5) is 0. The topological polar surface area (TPSA) is 35.2 Å². The van der Waals surface area contributed by atoms with Gasteiger partial charge >= 0.3 is 0 Å². The molecule has 0 bridgehead atoms. The summed E-state index contributed by atoms with van der Waals surface area (Å²) in [6.45, 7) is 6.39. The average Bonchev–Trinajstić information content (AvgIpc) is 2.21. The Labute approximate surface area is 105 Å². The predicted octanol–water partition coefficient (Wildman–Crippen LogP) is 3.26. The smallest absolute Gasteiger partial charge is 0.122 e. The lowest BCUT2D eigenvalue weighted by Gasteiger charge is -2.49. The van der Waals surface area contributed by atoms with Crippen molar-refractivity contribution in [1.82, 2.24) is 0 Å². The third-order valence-electron chi connectivity index (χ3n) is 3.66. The molecule has 0 aromatic heterocycles. The van der Waals surface area contributed by atoms with Crippen molar-refractivity contribution in [2.75, 3.05) is 0 Å². The van der Waals surface area contributed by atoms with E-state index in [1.807, 2.05) is 12.1 Å². The summed E-state index contributed by atoms with van der Waals surface area (Å²) in [6, 6.07) is 6.35. The number of aryl methyl sites for hydroxylation is 1. The number of halogens is 1. The van der Waals surface area contributed by atoms with Crippen molar-refractivity contribution in [3.63, 3.8) is 0 Å². The Morgan fingerprint density at radius 1 is 1.44 bits per heavy atom. The molecule has 0 radical (unpaired) electrons. The van der Waals surface area contributed by atoms with Crippen LogP contribution in [-0.4, -0.2) is 12.1 Å². The molecule has 2 nitrogen and oxygen atoms in total. The summed E-state index contributed by atoms with van der Waals surface area (Å²) < 4.78 is 7.11. The van der Waals surface area contributed by atoms with E-state index < -0.39 is 0 Å². The van der Waals surface area contributed by atoms with Gasteiger partial charge < -0.3 is 10.5 Å². The third-order valence-corrected chi connectivity index (χ3v) is 4.15. The number of hydrogen-bond donors (Lipinski definition) is 1. The number of rotatable bonds is 2. The van der Waals surface area contributed by atoms with E-state index in [1.54, 1.807) is 0 Å². The highest BCUT2D eigenvalue weighted by molar-refractivity contribution is 9.10. The van der Waals surface area contributed by atoms with E-state index in [1.165, 1.54) is 0 Å². The summed E-state index contributed by atoms with van der Waals surface area (Å²) in [6.07, 6.45) is 1.19. The third kappa shape index (κ3) is 1.98. The summed E-state index contributed by atoms with van der Waals surface area (Å²) >= 11 is 3.45. The van der Waals surface area contributed by atoms with Crippen LogP contribution in [0.25, 0.3) is 0 Å². The second-order valence-electron chi connectivity index (χ2n) is 5.18. The molecule has 1 fully saturated rings. The lowest BCUT2D eigenvalue weighted by atomic mass is 9.65. The fourth-order valence-electron chi connectivity index (χ4n) is 2.01. The fraction of sp³-hybridized carbons (Fsp3) is 0.538. The number of ether oxygens (including phenoxy) is 1. The Balaban J connectivity index is 2.11. The van der Waals surface area contributed by atoms with E-state index in [9.17, 15) is 0 Å². The highest BCUT2D eigenvalue weighted by Crippen LogP contribution is 2.42. The maximum atomic E-state index is 6.02. The van der Waals surface area contributed by atoms with E-state index in [4.69, 9.17) is 10.5 Å². The van der Waals surface area contributed by atoms with Gasteiger partial charge in [0.1, 0.15) is 11.9 Å². The molecule has 2 atom stereocenters. The van der Waals surface area contributed by atoms with Gasteiger partial charge in [-0.3, -0.25) is 0 Å². The van der Waals surface area contributed by atoms with Gasteiger partial charge in [-0.1, -0.05) is 29.8 Å². The molecule has 1 aliphatic rings. The first-order valence-electron chi connectivity index (χ1n) is 5.59. The number of benzene rings is 1.